The molecular formula is C29H24ClF4N4NaO6S2. The van der Waals surface area contributed by atoms with Crippen LogP contribution in [0.4, 0.5) is 23.4 Å². The average Bonchev–Trinajstić information content (AvgIpc) is 3.00. The van der Waals surface area contributed by atoms with Gasteiger partial charge in [-0.3, -0.25) is 0 Å². The number of benzene rings is 3. The molecule has 1 saturated heterocycles. The van der Waals surface area contributed by atoms with Gasteiger partial charge in [0.15, 0.2) is 9.84 Å². The normalized spacial score (nSPS) is 14.5. The Labute approximate surface area is 295 Å². The molecule has 0 bridgehead atoms. The van der Waals surface area contributed by atoms with E-state index in [4.69, 9.17) is 11.6 Å². The molecule has 47 heavy (non-hydrogen) atoms. The number of piperazine rings is 1. The number of sulfone groups is 1. The first-order chi connectivity index (χ1) is 21.5. The molecule has 10 nitrogen and oxygen atoms in total. The summed E-state index contributed by atoms with van der Waals surface area (Å²) < 4.78 is 109. The number of nitrogens with zero attached hydrogens (tertiary/aromatic N) is 4. The zero-order chi connectivity index (χ0) is 33.6. The fourth-order valence-electron chi connectivity index (χ4n) is 4.91. The van der Waals surface area contributed by atoms with Gasteiger partial charge >= 0.3 is 41.7 Å². The minimum Gasteiger partial charge on any atom is -1.00 e. The Morgan fingerprint density at radius 3 is 2.04 bits per heavy atom. The molecule has 18 heteroatoms. The van der Waals surface area contributed by atoms with Crippen molar-refractivity contribution in [3.63, 3.8) is 0 Å². The molecule has 1 N–H and O–H groups in total. The summed E-state index contributed by atoms with van der Waals surface area (Å²) in [6.07, 6.45) is -3.99. The summed E-state index contributed by atoms with van der Waals surface area (Å²) in [6, 6.07) is 14.7. The van der Waals surface area contributed by atoms with Gasteiger partial charge in [-0.1, -0.05) is 54.1 Å². The molecule has 1 aliphatic rings. The Kier molecular flexibility index (Phi) is 10.8. The second-order valence-electron chi connectivity index (χ2n) is 10.2. The van der Waals surface area contributed by atoms with E-state index in [-0.39, 0.29) is 84.7 Å². The summed E-state index contributed by atoms with van der Waals surface area (Å²) in [5.74, 6) is -4.45. The van der Waals surface area contributed by atoms with Crippen LogP contribution < -0.4 is 34.5 Å². The summed E-state index contributed by atoms with van der Waals surface area (Å²) in [7, 11) is -8.19. The van der Waals surface area contributed by atoms with Gasteiger partial charge in [0.05, 0.1) is 26.7 Å². The monoisotopic (exact) mass is 722 g/mol. The quantitative estimate of drug-likeness (QED) is 0.225. The number of carboxylic acid groups (broad SMARTS) is 1. The molecule has 244 valence electrons. The van der Waals surface area contributed by atoms with Crippen molar-refractivity contribution in [1.82, 2.24) is 14.3 Å². The molecule has 2 heterocycles. The zero-order valence-corrected chi connectivity index (χ0v) is 29.1. The molecular weight excluding hydrogens is 699 g/mol. The number of aromatic carboxylic acids is 1. The van der Waals surface area contributed by atoms with Crippen LogP contribution in [0.15, 0.2) is 76.5 Å². The number of alkyl halides is 3. The van der Waals surface area contributed by atoms with Crippen LogP contribution in [0, 0.1) is 5.82 Å². The third-order valence-corrected chi connectivity index (χ3v) is 10.5. The Morgan fingerprint density at radius 2 is 1.51 bits per heavy atom. The third-order valence-electron chi connectivity index (χ3n) is 7.17. The molecule has 0 atom stereocenters. The molecule has 3 aromatic carbocycles. The number of anilines is 1. The number of rotatable bonds is 7. The molecule has 0 aliphatic carbocycles. The van der Waals surface area contributed by atoms with E-state index in [0.29, 0.717) is 17.7 Å². The van der Waals surface area contributed by atoms with E-state index in [0.717, 1.165) is 10.6 Å². The van der Waals surface area contributed by atoms with Gasteiger partial charge in [-0.05, 0) is 29.8 Å². The fourth-order valence-corrected chi connectivity index (χ4v) is 7.27. The van der Waals surface area contributed by atoms with Crippen molar-refractivity contribution >= 4 is 43.2 Å². The SMILES string of the molecule is CS(=O)(=O)c1ccc(-c2nc(C(F)(F)F)nc(N3CCN(S(=O)(=O)c4cc(C(=O)O)c(Cl)cc4F)CC3)c2-c2ccccc2)cc1.[H-].[Na+]. The van der Waals surface area contributed by atoms with Gasteiger partial charge in [0, 0.05) is 38.0 Å². The van der Waals surface area contributed by atoms with Gasteiger partial charge in [0.25, 0.3) is 0 Å². The minimum absolute atomic E-state index is 0. The van der Waals surface area contributed by atoms with Gasteiger partial charge in [-0.25, -0.2) is 36.0 Å². The Hall–Kier alpha value is -3.12. The molecule has 1 aliphatic heterocycles. The van der Waals surface area contributed by atoms with Crippen LogP contribution in [0.5, 0.6) is 0 Å². The Morgan fingerprint density at radius 1 is 0.915 bits per heavy atom. The third kappa shape index (κ3) is 7.63. The van der Waals surface area contributed by atoms with E-state index in [2.05, 4.69) is 9.97 Å². The molecule has 5 rings (SSSR count). The van der Waals surface area contributed by atoms with Crippen LogP contribution in [0.1, 0.15) is 17.6 Å². The maximum absolute atomic E-state index is 14.7. The number of carbonyl (C=O) groups is 1. The van der Waals surface area contributed by atoms with E-state index in [1.165, 1.54) is 29.2 Å². The van der Waals surface area contributed by atoms with Crippen molar-refractivity contribution < 1.29 is 75.3 Å². The first kappa shape index (κ1) is 36.7. The standard InChI is InChI=1S/C29H23ClF4N4O6S2.Na.H/c1-45(41,42)19-9-7-18(8-10-19)25-24(17-5-3-2-4-6-17)26(36-28(35-25)29(32,33)34)37-11-13-38(14-12-37)46(43,44)23-15-20(27(39)40)21(30)16-22(23)31;;/h2-10,15-16H,11-14H2,1H3,(H,39,40);;/q;+1;-1. The maximum atomic E-state index is 14.7. The fraction of sp³-hybridized carbons (Fsp3) is 0.207. The van der Waals surface area contributed by atoms with Gasteiger partial charge in [-0.15, -0.1) is 0 Å². The predicted octanol–water partition coefficient (Wildman–Crippen LogP) is 2.35. The number of carboxylic acids is 1. The summed E-state index contributed by atoms with van der Waals surface area (Å²) >= 11 is 5.76. The molecule has 0 spiro atoms. The van der Waals surface area contributed by atoms with Crippen LogP contribution in [0.3, 0.4) is 0 Å². The van der Waals surface area contributed by atoms with E-state index < -0.39 is 59.1 Å². The van der Waals surface area contributed by atoms with Crippen LogP contribution >= 0.6 is 11.6 Å². The summed E-state index contributed by atoms with van der Waals surface area (Å²) in [4.78, 5) is 19.7. The van der Waals surface area contributed by atoms with Crippen molar-refractivity contribution in [2.45, 2.75) is 16.0 Å². The molecule has 0 unspecified atom stereocenters. The van der Waals surface area contributed by atoms with Crippen molar-refractivity contribution in [1.29, 1.82) is 0 Å². The van der Waals surface area contributed by atoms with E-state index >= 15 is 0 Å². The van der Waals surface area contributed by atoms with Gasteiger partial charge in [0.2, 0.25) is 15.8 Å². The number of hydrogen-bond acceptors (Lipinski definition) is 8. The van der Waals surface area contributed by atoms with E-state index in [9.17, 15) is 44.3 Å². The van der Waals surface area contributed by atoms with Crippen molar-refractivity contribution in [2.75, 3.05) is 37.3 Å². The molecule has 4 aromatic rings. The van der Waals surface area contributed by atoms with Crippen LogP contribution in [-0.2, 0) is 26.0 Å². The number of halogens is 5. The second-order valence-corrected chi connectivity index (χ2v) is 14.5. The van der Waals surface area contributed by atoms with Crippen molar-refractivity contribution in [2.24, 2.45) is 0 Å². The first-order valence-corrected chi connectivity index (χ1v) is 17.0. The van der Waals surface area contributed by atoms with E-state index in [1.54, 1.807) is 30.3 Å². The minimum atomic E-state index is -4.98. The smallest absolute Gasteiger partial charge is 1.00 e. The summed E-state index contributed by atoms with van der Waals surface area (Å²) in [5.41, 5.74) is 0.0439. The molecule has 0 saturated carbocycles. The molecule has 0 amide bonds. The Balaban J connectivity index is 0.00000312. The van der Waals surface area contributed by atoms with Crippen molar-refractivity contribution in [3.8, 4) is 22.4 Å². The topological polar surface area (TPSA) is 138 Å². The summed E-state index contributed by atoms with van der Waals surface area (Å²) in [5, 5.41) is 8.84. The van der Waals surface area contributed by atoms with Crippen LogP contribution in [0.25, 0.3) is 22.4 Å². The second kappa shape index (κ2) is 13.8. The summed E-state index contributed by atoms with van der Waals surface area (Å²) in [6.45, 7) is -0.989. The molecule has 1 fully saturated rings. The number of hydrogen-bond donors (Lipinski definition) is 1. The largest absolute Gasteiger partial charge is 1.00 e. The average molecular weight is 723 g/mol. The van der Waals surface area contributed by atoms with Crippen molar-refractivity contribution in [3.05, 3.63) is 89.0 Å². The zero-order valence-electron chi connectivity index (χ0n) is 25.7. The number of aromatic nitrogens is 2. The van der Waals surface area contributed by atoms with Crippen LogP contribution in [-0.4, -0.2) is 74.6 Å². The first-order valence-electron chi connectivity index (χ1n) is 13.3. The maximum Gasteiger partial charge on any atom is 1.00 e. The van der Waals surface area contributed by atoms with Gasteiger partial charge in [-0.2, -0.15) is 17.5 Å². The van der Waals surface area contributed by atoms with Gasteiger partial charge in [0.1, 0.15) is 16.5 Å². The van der Waals surface area contributed by atoms with Gasteiger partial charge < -0.3 is 11.4 Å². The number of sulfonamides is 1. The van der Waals surface area contributed by atoms with Crippen LogP contribution in [0.2, 0.25) is 5.02 Å². The van der Waals surface area contributed by atoms with E-state index in [1.807, 2.05) is 0 Å². The molecule has 0 radical (unpaired) electrons. The molecule has 1 aromatic heterocycles. The predicted molar refractivity (Wildman–Crippen MR) is 161 cm³/mol. The Bertz CT molecular complexity index is 2050.